The number of hydrogen-bond donors (Lipinski definition) is 2. The molecular weight excluding hydrogens is 305 g/mol. The van der Waals surface area contributed by atoms with Crippen molar-refractivity contribution in [3.8, 4) is 11.3 Å². The molecule has 0 atom stereocenters. The lowest BCUT2D eigenvalue weighted by Gasteiger charge is -2.08. The van der Waals surface area contributed by atoms with Gasteiger partial charge in [-0.15, -0.1) is 0 Å². The van der Waals surface area contributed by atoms with Gasteiger partial charge >= 0.3 is 0 Å². The molecule has 0 bridgehead atoms. The number of aromatic amines is 1. The van der Waals surface area contributed by atoms with E-state index in [2.05, 4.69) is 15.5 Å². The first-order valence-corrected chi connectivity index (χ1v) is 8.14. The van der Waals surface area contributed by atoms with Crippen molar-refractivity contribution >= 4 is 16.8 Å². The first kappa shape index (κ1) is 14.9. The second-order valence-corrected chi connectivity index (χ2v) is 6.45. The Morgan fingerprint density at radius 3 is 2.92 bits per heavy atom. The third-order valence-electron chi connectivity index (χ3n) is 4.50. The average Bonchev–Trinajstić information content (AvgIpc) is 3.31. The summed E-state index contributed by atoms with van der Waals surface area (Å²) in [6.07, 6.45) is 2.40. The van der Waals surface area contributed by atoms with E-state index in [1.807, 2.05) is 25.1 Å². The maximum Gasteiger partial charge on any atom is 0.251 e. The molecule has 0 aliphatic heterocycles. The van der Waals surface area contributed by atoms with Crippen molar-refractivity contribution in [1.82, 2.24) is 15.5 Å². The molecule has 1 fully saturated rings. The summed E-state index contributed by atoms with van der Waals surface area (Å²) in [6.45, 7) is 2.65. The molecule has 24 heavy (non-hydrogen) atoms. The van der Waals surface area contributed by atoms with Crippen LogP contribution in [0.3, 0.4) is 0 Å². The minimum Gasteiger partial charge on any atom is -0.352 e. The van der Waals surface area contributed by atoms with Crippen molar-refractivity contribution in [2.45, 2.75) is 19.8 Å². The molecule has 3 aromatic rings. The molecule has 2 N–H and O–H groups in total. The van der Waals surface area contributed by atoms with Gasteiger partial charge in [0.2, 0.25) is 0 Å². The lowest BCUT2D eigenvalue weighted by Crippen LogP contribution is -2.26. The van der Waals surface area contributed by atoms with E-state index < -0.39 is 0 Å². The van der Waals surface area contributed by atoms with Crippen molar-refractivity contribution in [3.05, 3.63) is 53.3 Å². The number of fused-ring (bicyclic) bond motifs is 1. The summed E-state index contributed by atoms with van der Waals surface area (Å²) in [4.78, 5) is 12.5. The van der Waals surface area contributed by atoms with Crippen molar-refractivity contribution < 1.29 is 9.18 Å². The number of amides is 1. The minimum absolute atomic E-state index is 0.0623. The number of nitrogens with one attached hydrogen (secondary N) is 2. The lowest BCUT2D eigenvalue weighted by molar-refractivity contribution is 0.0951. The molecule has 5 heteroatoms. The summed E-state index contributed by atoms with van der Waals surface area (Å²) in [5.41, 5.74) is 3.72. The zero-order valence-electron chi connectivity index (χ0n) is 13.4. The number of benzene rings is 2. The van der Waals surface area contributed by atoms with Crippen LogP contribution in [0.2, 0.25) is 0 Å². The third-order valence-corrected chi connectivity index (χ3v) is 4.50. The summed E-state index contributed by atoms with van der Waals surface area (Å²) in [5.74, 6) is 0.264. The maximum atomic E-state index is 13.5. The normalized spacial score (nSPS) is 14.1. The maximum absolute atomic E-state index is 13.5. The molecule has 0 radical (unpaired) electrons. The molecule has 1 heterocycles. The second-order valence-electron chi connectivity index (χ2n) is 6.45. The lowest BCUT2D eigenvalue weighted by atomic mass is 10.0. The SMILES string of the molecule is Cc1cc2[nH]nc(-c3cccc(F)c3)c2cc1C(=O)NCC1CC1. The number of carbonyl (C=O) groups is 1. The molecule has 1 aromatic heterocycles. The smallest absolute Gasteiger partial charge is 0.251 e. The number of aryl methyl sites for hydroxylation is 1. The van der Waals surface area contributed by atoms with Gasteiger partial charge in [-0.3, -0.25) is 9.89 Å². The molecule has 0 spiro atoms. The van der Waals surface area contributed by atoms with Crippen LogP contribution in [0.15, 0.2) is 36.4 Å². The fourth-order valence-corrected chi connectivity index (χ4v) is 2.93. The van der Waals surface area contributed by atoms with Crippen molar-refractivity contribution in [2.75, 3.05) is 6.54 Å². The quantitative estimate of drug-likeness (QED) is 0.767. The number of carbonyl (C=O) groups excluding carboxylic acids is 1. The molecule has 4 rings (SSSR count). The Morgan fingerprint density at radius 2 is 2.17 bits per heavy atom. The summed E-state index contributed by atoms with van der Waals surface area (Å²) in [7, 11) is 0. The van der Waals surface area contributed by atoms with Gasteiger partial charge in [0.25, 0.3) is 5.91 Å². The second kappa shape index (κ2) is 5.74. The van der Waals surface area contributed by atoms with E-state index in [9.17, 15) is 9.18 Å². The Hall–Kier alpha value is -2.69. The number of nitrogens with zero attached hydrogens (tertiary/aromatic N) is 1. The van der Waals surface area contributed by atoms with Crippen LogP contribution in [0.25, 0.3) is 22.2 Å². The predicted octanol–water partition coefficient (Wildman–Crippen LogP) is 3.82. The molecule has 1 aliphatic carbocycles. The minimum atomic E-state index is -0.307. The molecule has 0 saturated heterocycles. The van der Waals surface area contributed by atoms with Crippen LogP contribution < -0.4 is 5.32 Å². The molecule has 2 aromatic carbocycles. The van der Waals surface area contributed by atoms with Crippen molar-refractivity contribution in [2.24, 2.45) is 5.92 Å². The number of H-pyrrole nitrogens is 1. The van der Waals surface area contributed by atoms with Crippen LogP contribution in [0.5, 0.6) is 0 Å². The van der Waals surface area contributed by atoms with Gasteiger partial charge in [0.15, 0.2) is 0 Å². The van der Waals surface area contributed by atoms with Crippen molar-refractivity contribution in [3.63, 3.8) is 0 Å². The monoisotopic (exact) mass is 323 g/mol. The van der Waals surface area contributed by atoms with Gasteiger partial charge in [0.05, 0.1) is 5.52 Å². The van der Waals surface area contributed by atoms with Gasteiger partial charge in [-0.25, -0.2) is 4.39 Å². The fraction of sp³-hybridized carbons (Fsp3) is 0.263. The van der Waals surface area contributed by atoms with E-state index in [0.717, 1.165) is 23.0 Å². The van der Waals surface area contributed by atoms with Gasteiger partial charge in [-0.05, 0) is 55.5 Å². The van der Waals surface area contributed by atoms with E-state index >= 15 is 0 Å². The molecule has 1 aliphatic rings. The van der Waals surface area contributed by atoms with Crippen LogP contribution in [0.1, 0.15) is 28.8 Å². The van der Waals surface area contributed by atoms with E-state index in [1.165, 1.54) is 25.0 Å². The topological polar surface area (TPSA) is 57.8 Å². The van der Waals surface area contributed by atoms with Gasteiger partial charge in [0.1, 0.15) is 11.5 Å². The van der Waals surface area contributed by atoms with E-state index in [4.69, 9.17) is 0 Å². The fourth-order valence-electron chi connectivity index (χ4n) is 2.93. The standard InChI is InChI=1S/C19H18FN3O/c1-11-7-17-16(9-15(11)19(24)21-10-12-5-6-12)18(23-22-17)13-3-2-4-14(20)8-13/h2-4,7-9,12H,5-6,10H2,1H3,(H,21,24)(H,22,23). The van der Waals surface area contributed by atoms with Crippen LogP contribution in [-0.4, -0.2) is 22.6 Å². The number of aromatic nitrogens is 2. The number of rotatable bonds is 4. The Kier molecular flexibility index (Phi) is 3.56. The van der Waals surface area contributed by atoms with E-state index in [0.29, 0.717) is 22.7 Å². The van der Waals surface area contributed by atoms with Gasteiger partial charge in [-0.2, -0.15) is 5.10 Å². The Morgan fingerprint density at radius 1 is 1.33 bits per heavy atom. The predicted molar refractivity (Wildman–Crippen MR) is 91.3 cm³/mol. The van der Waals surface area contributed by atoms with Gasteiger partial charge < -0.3 is 5.32 Å². The summed E-state index contributed by atoms with van der Waals surface area (Å²) < 4.78 is 13.5. The Bertz CT molecular complexity index is 928. The first-order valence-electron chi connectivity index (χ1n) is 8.14. The summed E-state index contributed by atoms with van der Waals surface area (Å²) >= 11 is 0. The highest BCUT2D eigenvalue weighted by molar-refractivity contribution is 6.02. The highest BCUT2D eigenvalue weighted by atomic mass is 19.1. The zero-order chi connectivity index (χ0) is 16.7. The largest absolute Gasteiger partial charge is 0.352 e. The van der Waals surface area contributed by atoms with E-state index in [1.54, 1.807) is 6.07 Å². The molecule has 1 saturated carbocycles. The third kappa shape index (κ3) is 2.77. The molecular formula is C19H18FN3O. The van der Waals surface area contributed by atoms with Crippen molar-refractivity contribution in [1.29, 1.82) is 0 Å². The molecule has 0 unspecified atom stereocenters. The zero-order valence-corrected chi connectivity index (χ0v) is 13.4. The highest BCUT2D eigenvalue weighted by Gasteiger charge is 2.22. The van der Waals surface area contributed by atoms with Gasteiger partial charge in [0, 0.05) is 23.1 Å². The molecule has 122 valence electrons. The number of hydrogen-bond acceptors (Lipinski definition) is 2. The van der Waals surface area contributed by atoms with Crippen LogP contribution in [0, 0.1) is 18.7 Å². The first-order chi connectivity index (χ1) is 11.6. The summed E-state index contributed by atoms with van der Waals surface area (Å²) in [6, 6.07) is 10.1. The Labute approximate surface area is 139 Å². The van der Waals surface area contributed by atoms with Crippen LogP contribution in [-0.2, 0) is 0 Å². The van der Waals surface area contributed by atoms with Crippen LogP contribution in [0.4, 0.5) is 4.39 Å². The highest BCUT2D eigenvalue weighted by Crippen LogP contribution is 2.30. The molecule has 1 amide bonds. The van der Waals surface area contributed by atoms with Gasteiger partial charge in [-0.1, -0.05) is 12.1 Å². The van der Waals surface area contributed by atoms with Crippen LogP contribution >= 0.6 is 0 Å². The Balaban J connectivity index is 1.74. The average molecular weight is 323 g/mol. The summed E-state index contributed by atoms with van der Waals surface area (Å²) in [5, 5.41) is 11.1. The number of halogens is 1. The van der Waals surface area contributed by atoms with E-state index in [-0.39, 0.29) is 11.7 Å². The molecule has 4 nitrogen and oxygen atoms in total.